The third kappa shape index (κ3) is 5.21. The molecule has 0 radical (unpaired) electrons. The first-order valence-corrected chi connectivity index (χ1v) is 6.40. The summed E-state index contributed by atoms with van der Waals surface area (Å²) >= 11 is 11.7. The van der Waals surface area contributed by atoms with Gasteiger partial charge in [0.25, 0.3) is 0 Å². The lowest BCUT2D eigenvalue weighted by Gasteiger charge is -2.13. The minimum absolute atomic E-state index is 0. The SMILES string of the molecule is Cl.OC(CNC1CC1)COc1ccc(Cl)cc1Cl. The van der Waals surface area contributed by atoms with Crippen molar-refractivity contribution >= 4 is 35.6 Å². The van der Waals surface area contributed by atoms with Gasteiger partial charge in [0, 0.05) is 17.6 Å². The largest absolute Gasteiger partial charge is 0.489 e. The van der Waals surface area contributed by atoms with Crippen molar-refractivity contribution in [3.63, 3.8) is 0 Å². The van der Waals surface area contributed by atoms with Crippen LogP contribution in [0.1, 0.15) is 12.8 Å². The van der Waals surface area contributed by atoms with E-state index in [1.54, 1.807) is 18.2 Å². The van der Waals surface area contributed by atoms with Crippen molar-refractivity contribution in [2.75, 3.05) is 13.2 Å². The van der Waals surface area contributed by atoms with Crippen LogP contribution in [0, 0.1) is 0 Å². The Kier molecular flexibility index (Phi) is 6.53. The van der Waals surface area contributed by atoms with Crippen molar-refractivity contribution in [2.45, 2.75) is 25.0 Å². The van der Waals surface area contributed by atoms with Crippen LogP contribution in [-0.2, 0) is 0 Å². The second-order valence-corrected chi connectivity index (χ2v) is 5.07. The van der Waals surface area contributed by atoms with E-state index in [-0.39, 0.29) is 19.0 Å². The maximum Gasteiger partial charge on any atom is 0.138 e. The maximum absolute atomic E-state index is 9.68. The summed E-state index contributed by atoms with van der Waals surface area (Å²) in [5.74, 6) is 0.543. The number of ether oxygens (including phenoxy) is 1. The van der Waals surface area contributed by atoms with Crippen LogP contribution < -0.4 is 10.1 Å². The molecule has 0 aromatic heterocycles. The van der Waals surface area contributed by atoms with Gasteiger partial charge in [0.2, 0.25) is 0 Å². The van der Waals surface area contributed by atoms with Gasteiger partial charge < -0.3 is 15.2 Å². The Balaban J connectivity index is 0.00000162. The second-order valence-electron chi connectivity index (χ2n) is 4.22. The van der Waals surface area contributed by atoms with Crippen LogP contribution in [0.15, 0.2) is 18.2 Å². The summed E-state index contributed by atoms with van der Waals surface area (Å²) in [5, 5.41) is 13.9. The lowest BCUT2D eigenvalue weighted by Crippen LogP contribution is -2.32. The van der Waals surface area contributed by atoms with E-state index < -0.39 is 6.10 Å². The number of aliphatic hydroxyl groups is 1. The predicted octanol–water partition coefficient (Wildman–Crippen LogP) is 2.91. The molecule has 1 aliphatic rings. The van der Waals surface area contributed by atoms with Gasteiger partial charge in [0.15, 0.2) is 0 Å². The molecule has 1 atom stereocenters. The van der Waals surface area contributed by atoms with Gasteiger partial charge in [-0.2, -0.15) is 0 Å². The molecule has 2 rings (SSSR count). The van der Waals surface area contributed by atoms with Crippen LogP contribution in [-0.4, -0.2) is 30.4 Å². The van der Waals surface area contributed by atoms with E-state index in [0.717, 1.165) is 0 Å². The van der Waals surface area contributed by atoms with Gasteiger partial charge in [0.1, 0.15) is 18.5 Å². The number of rotatable bonds is 6. The zero-order chi connectivity index (χ0) is 12.3. The molecular formula is C12H16Cl3NO2. The quantitative estimate of drug-likeness (QED) is 0.848. The van der Waals surface area contributed by atoms with Gasteiger partial charge in [0.05, 0.1) is 5.02 Å². The second kappa shape index (κ2) is 7.41. The van der Waals surface area contributed by atoms with Gasteiger partial charge in [-0.1, -0.05) is 23.2 Å². The molecule has 1 aromatic carbocycles. The summed E-state index contributed by atoms with van der Waals surface area (Å²) in [5.41, 5.74) is 0. The van der Waals surface area contributed by atoms with Crippen molar-refractivity contribution in [1.29, 1.82) is 0 Å². The van der Waals surface area contributed by atoms with Gasteiger partial charge in [-0.25, -0.2) is 0 Å². The van der Waals surface area contributed by atoms with Crippen LogP contribution in [0.4, 0.5) is 0 Å². The van der Waals surface area contributed by atoms with Gasteiger partial charge >= 0.3 is 0 Å². The Morgan fingerprint density at radius 3 is 2.72 bits per heavy atom. The monoisotopic (exact) mass is 311 g/mol. The molecule has 1 unspecified atom stereocenters. The number of benzene rings is 1. The van der Waals surface area contributed by atoms with E-state index in [2.05, 4.69) is 5.32 Å². The summed E-state index contributed by atoms with van der Waals surface area (Å²) < 4.78 is 5.43. The van der Waals surface area contributed by atoms with Crippen molar-refractivity contribution in [3.05, 3.63) is 28.2 Å². The zero-order valence-electron chi connectivity index (χ0n) is 9.73. The summed E-state index contributed by atoms with van der Waals surface area (Å²) in [4.78, 5) is 0. The van der Waals surface area contributed by atoms with Crippen LogP contribution in [0.5, 0.6) is 5.75 Å². The molecule has 0 saturated heterocycles. The highest BCUT2D eigenvalue weighted by atomic mass is 35.5. The highest BCUT2D eigenvalue weighted by Crippen LogP contribution is 2.27. The molecule has 0 spiro atoms. The predicted molar refractivity (Wildman–Crippen MR) is 76.2 cm³/mol. The van der Waals surface area contributed by atoms with E-state index in [4.69, 9.17) is 27.9 Å². The first kappa shape index (κ1) is 15.9. The fourth-order valence-corrected chi connectivity index (χ4v) is 1.89. The highest BCUT2D eigenvalue weighted by molar-refractivity contribution is 6.35. The van der Waals surface area contributed by atoms with Crippen LogP contribution >= 0.6 is 35.6 Å². The average molecular weight is 313 g/mol. The van der Waals surface area contributed by atoms with E-state index in [9.17, 15) is 5.11 Å². The molecular weight excluding hydrogens is 296 g/mol. The Morgan fingerprint density at radius 2 is 2.11 bits per heavy atom. The fourth-order valence-electron chi connectivity index (χ4n) is 1.43. The third-order valence-corrected chi connectivity index (χ3v) is 3.08. The normalized spacial score (nSPS) is 15.9. The van der Waals surface area contributed by atoms with Crippen molar-refractivity contribution in [1.82, 2.24) is 5.32 Å². The lowest BCUT2D eigenvalue weighted by atomic mass is 10.3. The summed E-state index contributed by atoms with van der Waals surface area (Å²) in [6, 6.07) is 5.61. The standard InChI is InChI=1S/C12H15Cl2NO2.ClH/c13-8-1-4-12(11(14)5-8)17-7-10(16)6-15-9-2-3-9;/h1,4-5,9-10,15-16H,2-3,6-7H2;1H. The fraction of sp³-hybridized carbons (Fsp3) is 0.500. The molecule has 3 nitrogen and oxygen atoms in total. The van der Waals surface area contributed by atoms with Crippen LogP contribution in [0.3, 0.4) is 0 Å². The number of hydrogen-bond donors (Lipinski definition) is 2. The van der Waals surface area contributed by atoms with Crippen molar-refractivity contribution in [2.24, 2.45) is 0 Å². The minimum atomic E-state index is -0.526. The maximum atomic E-state index is 9.68. The van der Waals surface area contributed by atoms with Gasteiger partial charge in [-0.3, -0.25) is 0 Å². The average Bonchev–Trinajstić information content (AvgIpc) is 3.09. The molecule has 1 aromatic rings. The molecule has 1 aliphatic carbocycles. The Labute approximate surface area is 123 Å². The number of aliphatic hydroxyl groups excluding tert-OH is 1. The molecule has 1 saturated carbocycles. The van der Waals surface area contributed by atoms with Crippen LogP contribution in [0.25, 0.3) is 0 Å². The van der Waals surface area contributed by atoms with Gasteiger partial charge in [-0.05, 0) is 31.0 Å². The Morgan fingerprint density at radius 1 is 1.39 bits per heavy atom. The molecule has 2 N–H and O–H groups in total. The molecule has 0 bridgehead atoms. The van der Waals surface area contributed by atoms with Crippen molar-refractivity contribution < 1.29 is 9.84 Å². The number of halogens is 3. The van der Waals surface area contributed by atoms with E-state index >= 15 is 0 Å². The number of nitrogens with one attached hydrogen (secondary N) is 1. The Bertz CT molecular complexity index is 386. The summed E-state index contributed by atoms with van der Waals surface area (Å²) in [7, 11) is 0. The topological polar surface area (TPSA) is 41.5 Å². The molecule has 18 heavy (non-hydrogen) atoms. The van der Waals surface area contributed by atoms with E-state index in [1.165, 1.54) is 12.8 Å². The molecule has 0 heterocycles. The van der Waals surface area contributed by atoms with Crippen LogP contribution in [0.2, 0.25) is 10.0 Å². The highest BCUT2D eigenvalue weighted by Gasteiger charge is 2.21. The summed E-state index contributed by atoms with van der Waals surface area (Å²) in [6.07, 6.45) is 1.88. The minimum Gasteiger partial charge on any atom is -0.489 e. The lowest BCUT2D eigenvalue weighted by molar-refractivity contribution is 0.106. The smallest absolute Gasteiger partial charge is 0.138 e. The van der Waals surface area contributed by atoms with E-state index in [1.807, 2.05) is 0 Å². The van der Waals surface area contributed by atoms with Gasteiger partial charge in [-0.15, -0.1) is 12.4 Å². The molecule has 102 valence electrons. The zero-order valence-corrected chi connectivity index (χ0v) is 12.1. The first-order valence-electron chi connectivity index (χ1n) is 5.64. The molecule has 0 amide bonds. The Hall–Kier alpha value is -0.190. The van der Waals surface area contributed by atoms with E-state index in [0.29, 0.717) is 28.4 Å². The molecule has 6 heteroatoms. The molecule has 1 fully saturated rings. The summed E-state index contributed by atoms with van der Waals surface area (Å²) in [6.45, 7) is 0.775. The molecule has 0 aliphatic heterocycles. The first-order chi connectivity index (χ1) is 8.15. The van der Waals surface area contributed by atoms with Crippen molar-refractivity contribution in [3.8, 4) is 5.75 Å². The third-order valence-electron chi connectivity index (χ3n) is 2.54. The number of hydrogen-bond acceptors (Lipinski definition) is 3.